The van der Waals surface area contributed by atoms with Gasteiger partial charge in [-0.15, -0.1) is 16.7 Å². The fourth-order valence-corrected chi connectivity index (χ4v) is 2.70. The van der Waals surface area contributed by atoms with Gasteiger partial charge < -0.3 is 4.90 Å². The summed E-state index contributed by atoms with van der Waals surface area (Å²) in [5, 5.41) is 8.35. The Morgan fingerprint density at radius 2 is 2.18 bits per heavy atom. The van der Waals surface area contributed by atoms with Gasteiger partial charge in [-0.25, -0.2) is 0 Å². The summed E-state index contributed by atoms with van der Waals surface area (Å²) in [6.07, 6.45) is 5.21. The molecule has 1 heterocycles. The van der Waals surface area contributed by atoms with Crippen LogP contribution in [0, 0.1) is 5.92 Å². The van der Waals surface area contributed by atoms with Crippen LogP contribution in [0.4, 0.5) is 5.82 Å². The Balaban J connectivity index is 2.04. The molecular weight excluding hydrogens is 234 g/mol. The molecule has 0 aromatic carbocycles. The van der Waals surface area contributed by atoms with E-state index in [1.807, 2.05) is 12.1 Å². The number of rotatable bonds is 3. The molecule has 0 amide bonds. The van der Waals surface area contributed by atoms with Crippen molar-refractivity contribution in [2.75, 3.05) is 11.9 Å². The summed E-state index contributed by atoms with van der Waals surface area (Å²) in [4.78, 5) is 2.26. The van der Waals surface area contributed by atoms with Crippen molar-refractivity contribution in [3.05, 3.63) is 17.8 Å². The van der Waals surface area contributed by atoms with Gasteiger partial charge in [0, 0.05) is 13.1 Å². The van der Waals surface area contributed by atoms with Gasteiger partial charge in [0.1, 0.15) is 0 Å². The highest BCUT2D eigenvalue weighted by Gasteiger charge is 2.23. The van der Waals surface area contributed by atoms with Crippen molar-refractivity contribution in [2.24, 2.45) is 5.92 Å². The lowest BCUT2D eigenvalue weighted by Crippen LogP contribution is -2.36. The van der Waals surface area contributed by atoms with Gasteiger partial charge >= 0.3 is 0 Å². The molecule has 2 atom stereocenters. The first-order chi connectivity index (χ1) is 8.20. The molecule has 1 aliphatic carbocycles. The second-order valence-electron chi connectivity index (χ2n) is 5.05. The van der Waals surface area contributed by atoms with E-state index in [4.69, 9.17) is 11.6 Å². The quantitative estimate of drug-likeness (QED) is 0.775. The van der Waals surface area contributed by atoms with Gasteiger partial charge in [0.25, 0.3) is 0 Å². The van der Waals surface area contributed by atoms with Crippen LogP contribution in [0.5, 0.6) is 0 Å². The lowest BCUT2D eigenvalue weighted by atomic mass is 9.86. The van der Waals surface area contributed by atoms with E-state index >= 15 is 0 Å². The third-order valence-electron chi connectivity index (χ3n) is 3.66. The van der Waals surface area contributed by atoms with Crippen molar-refractivity contribution in [1.29, 1.82) is 0 Å². The third-order valence-corrected chi connectivity index (χ3v) is 3.93. The number of halogens is 1. The second kappa shape index (κ2) is 5.67. The predicted octanol–water partition coefficient (Wildman–Crippen LogP) is 3.23. The molecule has 2 unspecified atom stereocenters. The zero-order chi connectivity index (χ0) is 12.3. The number of anilines is 1. The van der Waals surface area contributed by atoms with Crippen molar-refractivity contribution < 1.29 is 0 Å². The molecule has 0 spiro atoms. The number of aromatic nitrogens is 2. The maximum atomic E-state index is 5.71. The molecule has 3 nitrogen and oxygen atoms in total. The molecule has 1 aromatic heterocycles. The first kappa shape index (κ1) is 12.6. The topological polar surface area (TPSA) is 29.0 Å². The minimum atomic E-state index is 0.428. The number of alkyl halides is 1. The Hall–Kier alpha value is -0.830. The van der Waals surface area contributed by atoms with Gasteiger partial charge in [-0.2, -0.15) is 5.10 Å². The molecule has 17 heavy (non-hydrogen) atoms. The minimum absolute atomic E-state index is 0.428. The van der Waals surface area contributed by atoms with Crippen molar-refractivity contribution in [1.82, 2.24) is 10.2 Å². The molecule has 2 rings (SSSR count). The summed E-state index contributed by atoms with van der Waals surface area (Å²) >= 11 is 5.71. The van der Waals surface area contributed by atoms with Crippen molar-refractivity contribution in [3.63, 3.8) is 0 Å². The largest absolute Gasteiger partial charge is 0.355 e. The first-order valence-corrected chi connectivity index (χ1v) is 6.85. The zero-order valence-electron chi connectivity index (χ0n) is 10.6. The minimum Gasteiger partial charge on any atom is -0.355 e. The Bertz CT molecular complexity index is 352. The highest BCUT2D eigenvalue weighted by molar-refractivity contribution is 6.16. The molecule has 1 saturated carbocycles. The molecule has 0 aliphatic heterocycles. The van der Waals surface area contributed by atoms with Crippen LogP contribution in [-0.4, -0.2) is 23.3 Å². The highest BCUT2D eigenvalue weighted by Crippen LogP contribution is 2.28. The molecular formula is C13H20ClN3. The standard InChI is InChI=1S/C13H20ClN3/c1-10-4-3-5-12(8-10)17(2)13-7-6-11(9-14)15-16-13/h6-7,10,12H,3-5,8-9H2,1-2H3. The Labute approximate surface area is 108 Å². The van der Waals surface area contributed by atoms with Crippen LogP contribution >= 0.6 is 11.6 Å². The summed E-state index contributed by atoms with van der Waals surface area (Å²) in [7, 11) is 2.12. The maximum absolute atomic E-state index is 5.71. The maximum Gasteiger partial charge on any atom is 0.151 e. The van der Waals surface area contributed by atoms with Crippen LogP contribution < -0.4 is 4.90 Å². The number of hydrogen-bond donors (Lipinski definition) is 0. The smallest absolute Gasteiger partial charge is 0.151 e. The van der Waals surface area contributed by atoms with E-state index in [1.165, 1.54) is 25.7 Å². The lowest BCUT2D eigenvalue weighted by molar-refractivity contribution is 0.335. The average Bonchev–Trinajstić information content (AvgIpc) is 2.38. The molecule has 0 bridgehead atoms. The van der Waals surface area contributed by atoms with Crippen LogP contribution in [-0.2, 0) is 5.88 Å². The van der Waals surface area contributed by atoms with Gasteiger partial charge in [-0.3, -0.25) is 0 Å². The van der Waals surface area contributed by atoms with Crippen LogP contribution in [0.15, 0.2) is 12.1 Å². The predicted molar refractivity (Wildman–Crippen MR) is 71.4 cm³/mol. The van der Waals surface area contributed by atoms with Crippen LogP contribution in [0.25, 0.3) is 0 Å². The lowest BCUT2D eigenvalue weighted by Gasteiger charge is -2.34. The number of nitrogens with zero attached hydrogens (tertiary/aromatic N) is 3. The first-order valence-electron chi connectivity index (χ1n) is 6.32. The van der Waals surface area contributed by atoms with Gasteiger partial charge in [0.2, 0.25) is 0 Å². The summed E-state index contributed by atoms with van der Waals surface area (Å²) in [5.41, 5.74) is 0.834. The van der Waals surface area contributed by atoms with E-state index in [0.29, 0.717) is 11.9 Å². The molecule has 94 valence electrons. The van der Waals surface area contributed by atoms with E-state index < -0.39 is 0 Å². The molecule has 1 fully saturated rings. The summed E-state index contributed by atoms with van der Waals surface area (Å²) in [6.45, 7) is 2.34. The monoisotopic (exact) mass is 253 g/mol. The molecule has 0 radical (unpaired) electrons. The summed E-state index contributed by atoms with van der Waals surface area (Å²) < 4.78 is 0. The van der Waals surface area contributed by atoms with Crippen LogP contribution in [0.2, 0.25) is 0 Å². The van der Waals surface area contributed by atoms with E-state index in [1.54, 1.807) is 0 Å². The molecule has 1 aliphatic rings. The molecule has 0 saturated heterocycles. The molecule has 1 aromatic rings. The number of hydrogen-bond acceptors (Lipinski definition) is 3. The van der Waals surface area contributed by atoms with E-state index in [0.717, 1.165) is 17.4 Å². The van der Waals surface area contributed by atoms with Crippen molar-refractivity contribution in [3.8, 4) is 0 Å². The highest BCUT2D eigenvalue weighted by atomic mass is 35.5. The van der Waals surface area contributed by atoms with Crippen LogP contribution in [0.1, 0.15) is 38.3 Å². The SMILES string of the molecule is CC1CCCC(N(C)c2ccc(CCl)nn2)C1. The van der Waals surface area contributed by atoms with Gasteiger partial charge in [0.05, 0.1) is 11.6 Å². The normalized spacial score (nSPS) is 24.6. The van der Waals surface area contributed by atoms with Crippen LogP contribution in [0.3, 0.4) is 0 Å². The van der Waals surface area contributed by atoms with Gasteiger partial charge in [-0.05, 0) is 30.9 Å². The summed E-state index contributed by atoms with van der Waals surface area (Å²) in [5.74, 6) is 2.21. The second-order valence-corrected chi connectivity index (χ2v) is 5.32. The Morgan fingerprint density at radius 3 is 2.76 bits per heavy atom. The van der Waals surface area contributed by atoms with Gasteiger partial charge in [-0.1, -0.05) is 19.8 Å². The fourth-order valence-electron chi connectivity index (χ4n) is 2.55. The molecule has 4 heteroatoms. The van der Waals surface area contributed by atoms with Crippen molar-refractivity contribution >= 4 is 17.4 Å². The molecule has 0 N–H and O–H groups in total. The van der Waals surface area contributed by atoms with Gasteiger partial charge in [0.15, 0.2) is 5.82 Å². The van der Waals surface area contributed by atoms with E-state index in [9.17, 15) is 0 Å². The zero-order valence-corrected chi connectivity index (χ0v) is 11.3. The van der Waals surface area contributed by atoms with E-state index in [-0.39, 0.29) is 0 Å². The fraction of sp³-hybridized carbons (Fsp3) is 0.692. The van der Waals surface area contributed by atoms with Crippen molar-refractivity contribution in [2.45, 2.75) is 44.5 Å². The Kier molecular flexibility index (Phi) is 4.21. The van der Waals surface area contributed by atoms with E-state index in [2.05, 4.69) is 29.1 Å². The summed E-state index contributed by atoms with van der Waals surface area (Å²) in [6, 6.07) is 4.58. The Morgan fingerprint density at radius 1 is 1.35 bits per heavy atom. The third kappa shape index (κ3) is 3.09. The average molecular weight is 254 g/mol.